The van der Waals surface area contributed by atoms with Gasteiger partial charge in [-0.05, 0) is 29.7 Å². The SMILES string of the molecule is CC(C)C1(CNC(=O)C(CN)c2ccccc2)CC1.Cl. The van der Waals surface area contributed by atoms with Crippen LogP contribution in [-0.4, -0.2) is 19.0 Å². The van der Waals surface area contributed by atoms with Gasteiger partial charge in [0.2, 0.25) is 5.91 Å². The third-order valence-corrected chi connectivity index (χ3v) is 4.49. The number of hydrogen-bond acceptors (Lipinski definition) is 2. The lowest BCUT2D eigenvalue weighted by Crippen LogP contribution is -2.38. The van der Waals surface area contributed by atoms with Gasteiger partial charge >= 0.3 is 0 Å². The number of benzene rings is 1. The summed E-state index contributed by atoms with van der Waals surface area (Å²) in [7, 11) is 0. The molecule has 3 nitrogen and oxygen atoms in total. The Kier molecular flexibility index (Phi) is 6.03. The molecule has 1 unspecified atom stereocenters. The van der Waals surface area contributed by atoms with Gasteiger partial charge in [0, 0.05) is 13.1 Å². The first-order valence-electron chi connectivity index (χ1n) is 7.12. The summed E-state index contributed by atoms with van der Waals surface area (Å²) in [5.74, 6) is 0.450. The number of carbonyl (C=O) groups excluding carboxylic acids is 1. The smallest absolute Gasteiger partial charge is 0.228 e. The van der Waals surface area contributed by atoms with E-state index in [4.69, 9.17) is 5.73 Å². The fourth-order valence-corrected chi connectivity index (χ4v) is 2.58. The monoisotopic (exact) mass is 296 g/mol. The maximum atomic E-state index is 12.3. The van der Waals surface area contributed by atoms with Gasteiger partial charge in [-0.2, -0.15) is 0 Å². The van der Waals surface area contributed by atoms with Crippen molar-refractivity contribution in [2.24, 2.45) is 17.1 Å². The minimum absolute atomic E-state index is 0. The van der Waals surface area contributed by atoms with E-state index in [-0.39, 0.29) is 24.2 Å². The lowest BCUT2D eigenvalue weighted by molar-refractivity contribution is -0.122. The second-order valence-corrected chi connectivity index (χ2v) is 5.93. The summed E-state index contributed by atoms with van der Waals surface area (Å²) in [5, 5.41) is 3.10. The van der Waals surface area contributed by atoms with Gasteiger partial charge < -0.3 is 11.1 Å². The molecule has 112 valence electrons. The zero-order valence-corrected chi connectivity index (χ0v) is 13.1. The maximum Gasteiger partial charge on any atom is 0.228 e. The van der Waals surface area contributed by atoms with Crippen molar-refractivity contribution in [3.8, 4) is 0 Å². The van der Waals surface area contributed by atoms with Crippen LogP contribution >= 0.6 is 12.4 Å². The molecule has 0 heterocycles. The highest BCUT2D eigenvalue weighted by molar-refractivity contribution is 5.85. The molecule has 1 aliphatic rings. The molecule has 1 atom stereocenters. The van der Waals surface area contributed by atoms with Crippen molar-refractivity contribution < 1.29 is 4.79 Å². The third-order valence-electron chi connectivity index (χ3n) is 4.49. The van der Waals surface area contributed by atoms with Crippen LogP contribution in [0.5, 0.6) is 0 Å². The second-order valence-electron chi connectivity index (χ2n) is 5.93. The first-order valence-corrected chi connectivity index (χ1v) is 7.12. The van der Waals surface area contributed by atoms with Gasteiger partial charge in [-0.15, -0.1) is 12.4 Å². The number of amides is 1. The molecule has 1 aromatic rings. The molecule has 1 aromatic carbocycles. The Hall–Kier alpha value is -1.06. The van der Waals surface area contributed by atoms with E-state index in [0.717, 1.165) is 12.1 Å². The summed E-state index contributed by atoms with van der Waals surface area (Å²) in [5.41, 5.74) is 7.10. The Bertz CT molecular complexity index is 429. The van der Waals surface area contributed by atoms with Crippen molar-refractivity contribution in [3.63, 3.8) is 0 Å². The first-order chi connectivity index (χ1) is 9.09. The summed E-state index contributed by atoms with van der Waals surface area (Å²) >= 11 is 0. The van der Waals surface area contributed by atoms with Crippen LogP contribution in [0.3, 0.4) is 0 Å². The number of nitrogens with two attached hydrogens (primary N) is 1. The van der Waals surface area contributed by atoms with Gasteiger partial charge in [0.1, 0.15) is 0 Å². The molecule has 0 saturated heterocycles. The molecule has 0 aromatic heterocycles. The minimum Gasteiger partial charge on any atom is -0.355 e. The number of rotatable bonds is 6. The van der Waals surface area contributed by atoms with E-state index in [9.17, 15) is 4.79 Å². The molecule has 0 radical (unpaired) electrons. The van der Waals surface area contributed by atoms with E-state index in [1.165, 1.54) is 12.8 Å². The van der Waals surface area contributed by atoms with Crippen molar-refractivity contribution >= 4 is 18.3 Å². The van der Waals surface area contributed by atoms with Crippen molar-refractivity contribution in [1.29, 1.82) is 0 Å². The maximum absolute atomic E-state index is 12.3. The first kappa shape index (κ1) is 17.0. The van der Waals surface area contributed by atoms with Crippen LogP contribution in [0.1, 0.15) is 38.2 Å². The quantitative estimate of drug-likeness (QED) is 0.848. The largest absolute Gasteiger partial charge is 0.355 e. The van der Waals surface area contributed by atoms with Gasteiger partial charge in [0.15, 0.2) is 0 Å². The predicted molar refractivity (Wildman–Crippen MR) is 85.0 cm³/mol. The molecule has 2 rings (SSSR count). The molecule has 1 aliphatic carbocycles. The normalized spacial score (nSPS) is 17.2. The van der Waals surface area contributed by atoms with Gasteiger partial charge in [-0.25, -0.2) is 0 Å². The van der Waals surface area contributed by atoms with E-state index >= 15 is 0 Å². The molecular weight excluding hydrogens is 272 g/mol. The molecule has 4 heteroatoms. The lowest BCUT2D eigenvalue weighted by Gasteiger charge is -2.22. The minimum atomic E-state index is -0.232. The van der Waals surface area contributed by atoms with E-state index < -0.39 is 0 Å². The van der Waals surface area contributed by atoms with Crippen LogP contribution in [0.15, 0.2) is 30.3 Å². The third kappa shape index (κ3) is 3.74. The van der Waals surface area contributed by atoms with Crippen molar-refractivity contribution in [2.45, 2.75) is 32.6 Å². The Morgan fingerprint density at radius 1 is 1.30 bits per heavy atom. The fourth-order valence-electron chi connectivity index (χ4n) is 2.58. The molecule has 3 N–H and O–H groups in total. The second kappa shape index (κ2) is 7.09. The lowest BCUT2D eigenvalue weighted by atomic mass is 9.91. The highest BCUT2D eigenvalue weighted by Crippen LogP contribution is 2.51. The Morgan fingerprint density at radius 3 is 2.35 bits per heavy atom. The van der Waals surface area contributed by atoms with E-state index in [2.05, 4.69) is 19.2 Å². The average Bonchev–Trinajstić information content (AvgIpc) is 3.20. The molecule has 0 bridgehead atoms. The molecule has 0 spiro atoms. The molecule has 1 amide bonds. The molecular formula is C16H25ClN2O. The summed E-state index contributed by atoms with van der Waals surface area (Å²) in [6.45, 7) is 5.60. The number of halogens is 1. The number of carbonyl (C=O) groups is 1. The zero-order chi connectivity index (χ0) is 13.9. The Morgan fingerprint density at radius 2 is 1.90 bits per heavy atom. The van der Waals surface area contributed by atoms with Crippen molar-refractivity contribution in [3.05, 3.63) is 35.9 Å². The highest BCUT2D eigenvalue weighted by Gasteiger charge is 2.45. The van der Waals surface area contributed by atoms with Gasteiger partial charge in [0.05, 0.1) is 5.92 Å². The molecule has 0 aliphatic heterocycles. The number of hydrogen-bond donors (Lipinski definition) is 2. The summed E-state index contributed by atoms with van der Waals surface area (Å²) in [4.78, 5) is 12.3. The van der Waals surface area contributed by atoms with Crippen LogP contribution in [-0.2, 0) is 4.79 Å². The topological polar surface area (TPSA) is 55.1 Å². The van der Waals surface area contributed by atoms with E-state index in [1.807, 2.05) is 30.3 Å². The highest BCUT2D eigenvalue weighted by atomic mass is 35.5. The zero-order valence-electron chi connectivity index (χ0n) is 12.3. The predicted octanol–water partition coefficient (Wildman–Crippen LogP) is 2.70. The van der Waals surface area contributed by atoms with Gasteiger partial charge in [0.25, 0.3) is 0 Å². The van der Waals surface area contributed by atoms with Crippen molar-refractivity contribution in [1.82, 2.24) is 5.32 Å². The standard InChI is InChI=1S/C16H24N2O.ClH/c1-12(2)16(8-9-16)11-18-15(19)14(10-17)13-6-4-3-5-7-13;/h3-7,12,14H,8-11,17H2,1-2H3,(H,18,19);1H. The molecule has 1 fully saturated rings. The number of nitrogens with one attached hydrogen (secondary N) is 1. The van der Waals surface area contributed by atoms with Crippen LogP contribution in [0, 0.1) is 11.3 Å². The van der Waals surface area contributed by atoms with Crippen molar-refractivity contribution in [2.75, 3.05) is 13.1 Å². The van der Waals surface area contributed by atoms with Crippen LogP contribution in [0.25, 0.3) is 0 Å². The molecule has 20 heavy (non-hydrogen) atoms. The Labute approximate surface area is 127 Å². The van der Waals surface area contributed by atoms with Crippen LogP contribution in [0.2, 0.25) is 0 Å². The van der Waals surface area contributed by atoms with Gasteiger partial charge in [-0.3, -0.25) is 4.79 Å². The summed E-state index contributed by atoms with van der Waals surface area (Å²) in [6, 6.07) is 9.77. The summed E-state index contributed by atoms with van der Waals surface area (Å²) in [6.07, 6.45) is 2.45. The van der Waals surface area contributed by atoms with Gasteiger partial charge in [-0.1, -0.05) is 44.2 Å². The Balaban J connectivity index is 0.00000200. The molecule has 1 saturated carbocycles. The fraction of sp³-hybridized carbons (Fsp3) is 0.562. The summed E-state index contributed by atoms with van der Waals surface area (Å²) < 4.78 is 0. The van der Waals surface area contributed by atoms with E-state index in [0.29, 0.717) is 17.9 Å². The average molecular weight is 297 g/mol. The van der Waals surface area contributed by atoms with Crippen LogP contribution < -0.4 is 11.1 Å². The van der Waals surface area contributed by atoms with E-state index in [1.54, 1.807) is 0 Å². The van der Waals surface area contributed by atoms with Crippen LogP contribution in [0.4, 0.5) is 0 Å².